The predicted octanol–water partition coefficient (Wildman–Crippen LogP) is 4.14. The zero-order valence-corrected chi connectivity index (χ0v) is 13.3. The van der Waals surface area contributed by atoms with Gasteiger partial charge in [-0.25, -0.2) is 4.98 Å². The van der Waals surface area contributed by atoms with Gasteiger partial charge in [-0.1, -0.05) is 24.3 Å². The van der Waals surface area contributed by atoms with Gasteiger partial charge in [0.2, 0.25) is 5.28 Å². The molecule has 0 radical (unpaired) electrons. The molecule has 6 heteroatoms. The van der Waals surface area contributed by atoms with Crippen molar-refractivity contribution in [3.63, 3.8) is 0 Å². The van der Waals surface area contributed by atoms with Crippen LogP contribution in [0.5, 0.6) is 0 Å². The number of rotatable bonds is 5. The van der Waals surface area contributed by atoms with Gasteiger partial charge in [0.1, 0.15) is 0 Å². The fourth-order valence-corrected chi connectivity index (χ4v) is 2.47. The summed E-state index contributed by atoms with van der Waals surface area (Å²) in [6.45, 7) is 0.715. The van der Waals surface area contributed by atoms with Crippen LogP contribution >= 0.6 is 11.6 Å². The second-order valence-electron chi connectivity index (χ2n) is 5.26. The SMILES string of the molecule is Nc1cccc(Nc2nc(Cl)ncc2NCC2=CCCC=C2)c1. The van der Waals surface area contributed by atoms with Gasteiger partial charge in [0.05, 0.1) is 11.9 Å². The Hall–Kier alpha value is -2.53. The summed E-state index contributed by atoms with van der Waals surface area (Å²) in [4.78, 5) is 8.32. The Morgan fingerprint density at radius 1 is 1.26 bits per heavy atom. The minimum absolute atomic E-state index is 0.193. The van der Waals surface area contributed by atoms with Crippen LogP contribution in [0.3, 0.4) is 0 Å². The first-order valence-electron chi connectivity index (χ1n) is 7.45. The van der Waals surface area contributed by atoms with Crippen LogP contribution in [-0.4, -0.2) is 16.5 Å². The molecule has 4 N–H and O–H groups in total. The number of nitrogens with one attached hydrogen (secondary N) is 2. The van der Waals surface area contributed by atoms with E-state index in [1.807, 2.05) is 24.3 Å². The molecule has 3 rings (SSSR count). The van der Waals surface area contributed by atoms with E-state index in [1.165, 1.54) is 5.57 Å². The van der Waals surface area contributed by atoms with Gasteiger partial charge in [-0.2, -0.15) is 4.98 Å². The van der Waals surface area contributed by atoms with E-state index >= 15 is 0 Å². The Bertz CT molecular complexity index is 754. The number of benzene rings is 1. The van der Waals surface area contributed by atoms with Crippen molar-refractivity contribution in [1.82, 2.24) is 9.97 Å². The van der Waals surface area contributed by atoms with Gasteiger partial charge in [0.15, 0.2) is 5.82 Å². The average molecular weight is 328 g/mol. The Morgan fingerprint density at radius 3 is 2.96 bits per heavy atom. The lowest BCUT2D eigenvalue weighted by atomic mass is 10.1. The van der Waals surface area contributed by atoms with Gasteiger partial charge in [-0.15, -0.1) is 0 Å². The first-order chi connectivity index (χ1) is 11.2. The second-order valence-corrected chi connectivity index (χ2v) is 5.60. The third-order valence-electron chi connectivity index (χ3n) is 3.46. The number of nitrogens with zero attached hydrogens (tertiary/aromatic N) is 2. The Labute approximate surface area is 140 Å². The molecule has 0 amide bonds. The molecule has 1 aromatic carbocycles. The first kappa shape index (κ1) is 15.4. The molecule has 0 unspecified atom stereocenters. The van der Waals surface area contributed by atoms with Gasteiger partial charge in [-0.3, -0.25) is 0 Å². The third-order valence-corrected chi connectivity index (χ3v) is 3.65. The van der Waals surface area contributed by atoms with E-state index < -0.39 is 0 Å². The number of hydrogen-bond acceptors (Lipinski definition) is 5. The number of anilines is 4. The maximum Gasteiger partial charge on any atom is 0.224 e. The molecule has 118 valence electrons. The largest absolute Gasteiger partial charge is 0.399 e. The summed E-state index contributed by atoms with van der Waals surface area (Å²) in [7, 11) is 0. The molecule has 0 saturated carbocycles. The number of nitrogens with two attached hydrogens (primary N) is 1. The fraction of sp³-hybridized carbons (Fsp3) is 0.176. The van der Waals surface area contributed by atoms with E-state index in [2.05, 4.69) is 38.8 Å². The highest BCUT2D eigenvalue weighted by molar-refractivity contribution is 6.28. The van der Waals surface area contributed by atoms with Crippen LogP contribution in [0.1, 0.15) is 12.8 Å². The van der Waals surface area contributed by atoms with E-state index in [0.29, 0.717) is 18.1 Å². The van der Waals surface area contributed by atoms with E-state index in [0.717, 1.165) is 24.2 Å². The third kappa shape index (κ3) is 4.23. The first-order valence-corrected chi connectivity index (χ1v) is 7.83. The van der Waals surface area contributed by atoms with E-state index in [4.69, 9.17) is 17.3 Å². The number of aromatic nitrogens is 2. The monoisotopic (exact) mass is 327 g/mol. The molecule has 5 nitrogen and oxygen atoms in total. The zero-order valence-electron chi connectivity index (χ0n) is 12.6. The molecule has 0 atom stereocenters. The van der Waals surface area contributed by atoms with Crippen molar-refractivity contribution in [2.24, 2.45) is 0 Å². The molecular weight excluding hydrogens is 310 g/mol. The summed E-state index contributed by atoms with van der Waals surface area (Å²) in [6, 6.07) is 7.47. The Balaban J connectivity index is 1.77. The summed E-state index contributed by atoms with van der Waals surface area (Å²) in [5, 5.41) is 6.77. The van der Waals surface area contributed by atoms with Crippen molar-refractivity contribution in [2.75, 3.05) is 22.9 Å². The molecule has 0 spiro atoms. The van der Waals surface area contributed by atoms with Crippen molar-refractivity contribution in [1.29, 1.82) is 0 Å². The van der Waals surface area contributed by atoms with Crippen LogP contribution in [0.2, 0.25) is 5.28 Å². The van der Waals surface area contributed by atoms with Gasteiger partial charge >= 0.3 is 0 Å². The molecule has 0 saturated heterocycles. The molecule has 0 bridgehead atoms. The molecule has 1 aliphatic rings. The molecular formula is C17H18ClN5. The van der Waals surface area contributed by atoms with Crippen LogP contribution in [0.4, 0.5) is 22.9 Å². The zero-order chi connectivity index (χ0) is 16.1. The molecule has 1 heterocycles. The standard InChI is InChI=1S/C17H18ClN5/c18-17-21-11-15(20-10-12-5-2-1-3-6-12)16(23-17)22-14-8-4-7-13(19)9-14/h2,4-9,11,20H,1,3,10,19H2,(H,21,22,23). The lowest BCUT2D eigenvalue weighted by Gasteiger charge is -2.14. The maximum atomic E-state index is 5.93. The Kier molecular flexibility index (Phi) is 4.78. The molecule has 0 fully saturated rings. The summed E-state index contributed by atoms with van der Waals surface area (Å²) < 4.78 is 0. The van der Waals surface area contributed by atoms with Crippen molar-refractivity contribution in [3.05, 3.63) is 59.5 Å². The molecule has 1 aliphatic carbocycles. The van der Waals surface area contributed by atoms with Crippen LogP contribution in [-0.2, 0) is 0 Å². The predicted molar refractivity (Wildman–Crippen MR) is 96.1 cm³/mol. The van der Waals surface area contributed by atoms with Gasteiger partial charge in [0.25, 0.3) is 0 Å². The quantitative estimate of drug-likeness (QED) is 0.568. The van der Waals surface area contributed by atoms with Crippen LogP contribution < -0.4 is 16.4 Å². The summed E-state index contributed by atoms with van der Waals surface area (Å²) >= 11 is 5.93. The molecule has 1 aromatic heterocycles. The number of allylic oxidation sites excluding steroid dienone is 2. The normalized spacial score (nSPS) is 13.5. The summed E-state index contributed by atoms with van der Waals surface area (Å²) in [5.41, 5.74) is 9.38. The Morgan fingerprint density at radius 2 is 2.17 bits per heavy atom. The van der Waals surface area contributed by atoms with Crippen molar-refractivity contribution in [3.8, 4) is 0 Å². The topological polar surface area (TPSA) is 75.9 Å². The lowest BCUT2D eigenvalue weighted by molar-refractivity contribution is 1.00. The van der Waals surface area contributed by atoms with Gasteiger partial charge < -0.3 is 16.4 Å². The van der Waals surface area contributed by atoms with Crippen LogP contribution in [0.25, 0.3) is 0 Å². The summed E-state index contributed by atoms with van der Waals surface area (Å²) in [6.07, 6.45) is 10.4. The maximum absolute atomic E-state index is 5.93. The van der Waals surface area contributed by atoms with Crippen LogP contribution in [0, 0.1) is 0 Å². The van der Waals surface area contributed by atoms with E-state index in [1.54, 1.807) is 6.20 Å². The molecule has 2 aromatic rings. The average Bonchev–Trinajstić information content (AvgIpc) is 2.55. The molecule has 0 aliphatic heterocycles. The minimum Gasteiger partial charge on any atom is -0.399 e. The molecule has 23 heavy (non-hydrogen) atoms. The van der Waals surface area contributed by atoms with Crippen LogP contribution in [0.15, 0.2) is 54.3 Å². The van der Waals surface area contributed by atoms with Crippen molar-refractivity contribution >= 4 is 34.5 Å². The van der Waals surface area contributed by atoms with Gasteiger partial charge in [0, 0.05) is 17.9 Å². The summed E-state index contributed by atoms with van der Waals surface area (Å²) in [5.74, 6) is 0.621. The highest BCUT2D eigenvalue weighted by atomic mass is 35.5. The van der Waals surface area contributed by atoms with Gasteiger partial charge in [-0.05, 0) is 48.2 Å². The number of nitrogen functional groups attached to an aromatic ring is 1. The second kappa shape index (κ2) is 7.15. The number of halogens is 1. The van der Waals surface area contributed by atoms with Crippen molar-refractivity contribution in [2.45, 2.75) is 12.8 Å². The highest BCUT2D eigenvalue weighted by Gasteiger charge is 2.08. The lowest BCUT2D eigenvalue weighted by Crippen LogP contribution is -2.08. The smallest absolute Gasteiger partial charge is 0.224 e. The number of hydrogen-bond donors (Lipinski definition) is 3. The minimum atomic E-state index is 0.193. The fourth-order valence-electron chi connectivity index (χ4n) is 2.33. The van der Waals surface area contributed by atoms with E-state index in [-0.39, 0.29) is 5.28 Å². The van der Waals surface area contributed by atoms with Crippen molar-refractivity contribution < 1.29 is 0 Å². The van der Waals surface area contributed by atoms with E-state index in [9.17, 15) is 0 Å². The highest BCUT2D eigenvalue weighted by Crippen LogP contribution is 2.25.